The maximum absolute atomic E-state index is 5.69. The summed E-state index contributed by atoms with van der Waals surface area (Å²) in [7, 11) is 0. The Morgan fingerprint density at radius 1 is 1.22 bits per heavy atom. The third-order valence-electron chi connectivity index (χ3n) is 3.17. The molecule has 0 atom stereocenters. The third-order valence-corrected chi connectivity index (χ3v) is 3.40. The number of benzene rings is 1. The van der Waals surface area contributed by atoms with Gasteiger partial charge in [0.25, 0.3) is 0 Å². The first kappa shape index (κ1) is 11.5. The summed E-state index contributed by atoms with van der Waals surface area (Å²) >= 11 is 5.69. The Kier molecular flexibility index (Phi) is 3.19. The third kappa shape index (κ3) is 2.08. The highest BCUT2D eigenvalue weighted by Crippen LogP contribution is 2.31. The second-order valence-corrected chi connectivity index (χ2v) is 4.62. The highest BCUT2D eigenvalue weighted by Gasteiger charge is 2.18. The van der Waals surface area contributed by atoms with Gasteiger partial charge in [0.05, 0.1) is 0 Å². The number of hydrogen-bond donors (Lipinski definition) is 0. The standard InChI is InChI=1S/C13H14ClN3O/c14-9-12-15-13(16-18-12)10-5-1-2-6-11(10)17-7-3-4-8-17/h1-2,5-6H,3-4,7-9H2. The van der Waals surface area contributed by atoms with Crippen LogP contribution in [-0.4, -0.2) is 23.2 Å². The first-order valence-corrected chi connectivity index (χ1v) is 6.65. The van der Waals surface area contributed by atoms with E-state index in [1.165, 1.54) is 18.5 Å². The van der Waals surface area contributed by atoms with E-state index in [2.05, 4.69) is 21.1 Å². The Labute approximate surface area is 111 Å². The van der Waals surface area contributed by atoms with Crippen LogP contribution in [-0.2, 0) is 5.88 Å². The quantitative estimate of drug-likeness (QED) is 0.798. The van der Waals surface area contributed by atoms with Crippen molar-refractivity contribution in [2.75, 3.05) is 18.0 Å². The Morgan fingerprint density at radius 2 is 2.00 bits per heavy atom. The molecule has 3 rings (SSSR count). The number of anilines is 1. The van der Waals surface area contributed by atoms with Crippen molar-refractivity contribution in [3.63, 3.8) is 0 Å². The average molecular weight is 264 g/mol. The van der Waals surface area contributed by atoms with Crippen LogP contribution in [0.4, 0.5) is 5.69 Å². The molecule has 0 N–H and O–H groups in total. The van der Waals surface area contributed by atoms with Gasteiger partial charge in [-0.3, -0.25) is 0 Å². The van der Waals surface area contributed by atoms with Gasteiger partial charge in [0.15, 0.2) is 0 Å². The van der Waals surface area contributed by atoms with Gasteiger partial charge in [-0.15, -0.1) is 11.6 Å². The number of hydrogen-bond acceptors (Lipinski definition) is 4. The molecule has 0 bridgehead atoms. The van der Waals surface area contributed by atoms with E-state index in [0.717, 1.165) is 18.7 Å². The van der Waals surface area contributed by atoms with Crippen LogP contribution in [0.1, 0.15) is 18.7 Å². The molecule has 0 unspecified atom stereocenters. The van der Waals surface area contributed by atoms with Crippen molar-refractivity contribution in [1.82, 2.24) is 10.1 Å². The molecule has 94 valence electrons. The summed E-state index contributed by atoms with van der Waals surface area (Å²) in [5.41, 5.74) is 2.19. The fourth-order valence-corrected chi connectivity index (χ4v) is 2.42. The second-order valence-electron chi connectivity index (χ2n) is 4.36. The Balaban J connectivity index is 2.00. The first-order valence-electron chi connectivity index (χ1n) is 6.11. The van der Waals surface area contributed by atoms with Crippen molar-refractivity contribution in [3.05, 3.63) is 30.2 Å². The fraction of sp³-hybridized carbons (Fsp3) is 0.385. The van der Waals surface area contributed by atoms with E-state index in [9.17, 15) is 0 Å². The number of nitrogens with zero attached hydrogens (tertiary/aromatic N) is 3. The summed E-state index contributed by atoms with van der Waals surface area (Å²) in [6, 6.07) is 8.17. The first-order chi connectivity index (χ1) is 8.88. The van der Waals surface area contributed by atoms with Crippen LogP contribution in [0, 0.1) is 0 Å². The number of para-hydroxylation sites is 1. The van der Waals surface area contributed by atoms with E-state index in [4.69, 9.17) is 16.1 Å². The van der Waals surface area contributed by atoms with Gasteiger partial charge in [0, 0.05) is 24.3 Å². The van der Waals surface area contributed by atoms with Gasteiger partial charge in [0.1, 0.15) is 5.88 Å². The highest BCUT2D eigenvalue weighted by atomic mass is 35.5. The SMILES string of the molecule is ClCc1nc(-c2ccccc2N2CCCC2)no1. The van der Waals surface area contributed by atoms with Crippen LogP contribution in [0.2, 0.25) is 0 Å². The number of rotatable bonds is 3. The van der Waals surface area contributed by atoms with Gasteiger partial charge in [-0.2, -0.15) is 4.98 Å². The lowest BCUT2D eigenvalue weighted by Gasteiger charge is -2.19. The smallest absolute Gasteiger partial charge is 0.241 e. The lowest BCUT2D eigenvalue weighted by molar-refractivity contribution is 0.391. The number of alkyl halides is 1. The number of halogens is 1. The molecule has 5 heteroatoms. The van der Waals surface area contributed by atoms with Crippen LogP contribution in [0.25, 0.3) is 11.4 Å². The Morgan fingerprint density at radius 3 is 2.72 bits per heavy atom. The molecular weight excluding hydrogens is 250 g/mol. The summed E-state index contributed by atoms with van der Waals surface area (Å²) in [5, 5.41) is 3.99. The minimum Gasteiger partial charge on any atom is -0.371 e. The summed E-state index contributed by atoms with van der Waals surface area (Å²) in [6.07, 6.45) is 2.49. The molecular formula is C13H14ClN3O. The van der Waals surface area contributed by atoms with Crippen LogP contribution < -0.4 is 4.90 Å². The maximum Gasteiger partial charge on any atom is 0.241 e. The number of aromatic nitrogens is 2. The molecule has 2 heterocycles. The zero-order valence-corrected chi connectivity index (χ0v) is 10.7. The van der Waals surface area contributed by atoms with Crippen molar-refractivity contribution < 1.29 is 4.52 Å². The zero-order chi connectivity index (χ0) is 12.4. The van der Waals surface area contributed by atoms with E-state index in [1.54, 1.807) is 0 Å². The molecule has 1 aliphatic rings. The molecule has 1 aromatic heterocycles. The molecule has 0 spiro atoms. The van der Waals surface area contributed by atoms with E-state index in [-0.39, 0.29) is 5.88 Å². The fourth-order valence-electron chi connectivity index (χ4n) is 2.32. The molecule has 1 aliphatic heterocycles. The predicted octanol–water partition coefficient (Wildman–Crippen LogP) is 3.08. The molecule has 1 fully saturated rings. The molecule has 0 amide bonds. The van der Waals surface area contributed by atoms with Gasteiger partial charge < -0.3 is 9.42 Å². The zero-order valence-electron chi connectivity index (χ0n) is 9.97. The van der Waals surface area contributed by atoms with Crippen molar-refractivity contribution in [2.24, 2.45) is 0 Å². The Bertz CT molecular complexity index is 535. The van der Waals surface area contributed by atoms with Crippen LogP contribution in [0.15, 0.2) is 28.8 Å². The monoisotopic (exact) mass is 263 g/mol. The largest absolute Gasteiger partial charge is 0.371 e. The van der Waals surface area contributed by atoms with Gasteiger partial charge in [-0.05, 0) is 25.0 Å². The van der Waals surface area contributed by atoms with Gasteiger partial charge >= 0.3 is 0 Å². The summed E-state index contributed by atoms with van der Waals surface area (Å²) in [4.78, 5) is 6.66. The molecule has 18 heavy (non-hydrogen) atoms. The van der Waals surface area contributed by atoms with E-state index >= 15 is 0 Å². The molecule has 1 aromatic carbocycles. The minimum atomic E-state index is 0.249. The maximum atomic E-state index is 5.69. The summed E-state index contributed by atoms with van der Waals surface area (Å²) < 4.78 is 5.07. The Hall–Kier alpha value is -1.55. The van der Waals surface area contributed by atoms with Crippen LogP contribution in [0.5, 0.6) is 0 Å². The van der Waals surface area contributed by atoms with E-state index in [1.807, 2.05) is 18.2 Å². The van der Waals surface area contributed by atoms with E-state index in [0.29, 0.717) is 11.7 Å². The molecule has 0 radical (unpaired) electrons. The van der Waals surface area contributed by atoms with Gasteiger partial charge in [0.2, 0.25) is 11.7 Å². The predicted molar refractivity (Wildman–Crippen MR) is 70.7 cm³/mol. The van der Waals surface area contributed by atoms with Crippen LogP contribution in [0.3, 0.4) is 0 Å². The summed E-state index contributed by atoms with van der Waals surface area (Å²) in [5.74, 6) is 1.33. The topological polar surface area (TPSA) is 42.2 Å². The lowest BCUT2D eigenvalue weighted by Crippen LogP contribution is -2.18. The van der Waals surface area contributed by atoms with Crippen molar-refractivity contribution in [2.45, 2.75) is 18.7 Å². The molecule has 0 aliphatic carbocycles. The lowest BCUT2D eigenvalue weighted by atomic mass is 10.1. The second kappa shape index (κ2) is 4.98. The van der Waals surface area contributed by atoms with Crippen molar-refractivity contribution >= 4 is 17.3 Å². The molecule has 1 saturated heterocycles. The van der Waals surface area contributed by atoms with Crippen molar-refractivity contribution in [3.8, 4) is 11.4 Å². The normalized spacial score (nSPS) is 15.3. The van der Waals surface area contributed by atoms with Crippen molar-refractivity contribution in [1.29, 1.82) is 0 Å². The van der Waals surface area contributed by atoms with Crippen LogP contribution >= 0.6 is 11.6 Å². The average Bonchev–Trinajstić information content (AvgIpc) is 3.10. The van der Waals surface area contributed by atoms with E-state index < -0.39 is 0 Å². The van der Waals surface area contributed by atoms with Gasteiger partial charge in [-0.1, -0.05) is 17.3 Å². The molecule has 2 aromatic rings. The molecule has 0 saturated carbocycles. The minimum absolute atomic E-state index is 0.249. The highest BCUT2D eigenvalue weighted by molar-refractivity contribution is 6.16. The molecule has 4 nitrogen and oxygen atoms in total. The summed E-state index contributed by atoms with van der Waals surface area (Å²) in [6.45, 7) is 2.19. The van der Waals surface area contributed by atoms with Gasteiger partial charge in [-0.25, -0.2) is 0 Å².